The van der Waals surface area contributed by atoms with E-state index in [1.54, 1.807) is 0 Å². The Kier molecular flexibility index (Phi) is 5.03. The number of primary amides is 1. The van der Waals surface area contributed by atoms with E-state index in [1.165, 1.54) is 16.3 Å². The van der Waals surface area contributed by atoms with E-state index in [0.29, 0.717) is 10.8 Å². The summed E-state index contributed by atoms with van der Waals surface area (Å²) in [5.41, 5.74) is 6.41. The van der Waals surface area contributed by atoms with Crippen LogP contribution in [0.15, 0.2) is 35.4 Å². The number of anilines is 2. The van der Waals surface area contributed by atoms with Crippen molar-refractivity contribution < 1.29 is 9.59 Å². The number of nitrogens with one attached hydrogen (secondary N) is 1. The number of hydrogen-bond donors (Lipinski definition) is 2. The molecule has 1 aliphatic rings. The molecule has 0 radical (unpaired) electrons. The predicted octanol–water partition coefficient (Wildman–Crippen LogP) is 1.55. The van der Waals surface area contributed by atoms with Gasteiger partial charge in [-0.1, -0.05) is 36.5 Å². The van der Waals surface area contributed by atoms with Crippen molar-refractivity contribution >= 4 is 39.7 Å². The average molecular weight is 358 g/mol. The molecule has 25 heavy (non-hydrogen) atoms. The summed E-state index contributed by atoms with van der Waals surface area (Å²) in [6.45, 7) is 2.05. The second-order valence-corrected chi connectivity index (χ2v) is 6.62. The van der Waals surface area contributed by atoms with Crippen LogP contribution in [-0.2, 0) is 16.0 Å². The molecule has 0 fully saturated rings. The van der Waals surface area contributed by atoms with E-state index < -0.39 is 17.9 Å². The number of para-hydroxylation sites is 1. The fourth-order valence-corrected chi connectivity index (χ4v) is 3.31. The van der Waals surface area contributed by atoms with Gasteiger partial charge in [0, 0.05) is 12.8 Å². The lowest BCUT2D eigenvalue weighted by Gasteiger charge is -2.20. The highest BCUT2D eigenvalue weighted by molar-refractivity contribution is 7.15. The fraction of sp³-hybridized carbons (Fsp3) is 0.312. The van der Waals surface area contributed by atoms with Crippen LogP contribution in [0.2, 0.25) is 0 Å². The summed E-state index contributed by atoms with van der Waals surface area (Å²) in [7, 11) is 0. The highest BCUT2D eigenvalue weighted by Gasteiger charge is 2.35. The van der Waals surface area contributed by atoms with E-state index >= 15 is 0 Å². The van der Waals surface area contributed by atoms with Gasteiger partial charge in [0.25, 0.3) is 5.91 Å². The van der Waals surface area contributed by atoms with Gasteiger partial charge in [0.2, 0.25) is 11.0 Å². The zero-order valence-electron chi connectivity index (χ0n) is 13.7. The van der Waals surface area contributed by atoms with Crippen LogP contribution >= 0.6 is 11.3 Å². The molecule has 2 aromatic rings. The molecular weight excluding hydrogens is 340 g/mol. The number of carbonyl (C=O) groups excluding carboxylic acids is 2. The lowest BCUT2D eigenvalue weighted by Crippen LogP contribution is -2.39. The molecule has 0 spiro atoms. The van der Waals surface area contributed by atoms with Crippen LogP contribution in [0.3, 0.4) is 0 Å². The topological polar surface area (TPSA) is 114 Å². The summed E-state index contributed by atoms with van der Waals surface area (Å²) in [6, 6.07) is 8.45. The van der Waals surface area contributed by atoms with Gasteiger partial charge >= 0.3 is 0 Å². The molecule has 8 nitrogen and oxygen atoms in total. The molecule has 0 saturated carbocycles. The third-order valence-electron chi connectivity index (χ3n) is 3.67. The van der Waals surface area contributed by atoms with Crippen LogP contribution in [-0.4, -0.2) is 33.8 Å². The van der Waals surface area contributed by atoms with Gasteiger partial charge in [0.05, 0.1) is 5.69 Å². The van der Waals surface area contributed by atoms with E-state index in [0.717, 1.165) is 17.8 Å². The molecular formula is C16H18N6O2S. The Bertz CT molecular complexity index is 804. The van der Waals surface area contributed by atoms with Crippen LogP contribution in [0, 0.1) is 0 Å². The monoisotopic (exact) mass is 358 g/mol. The second kappa shape index (κ2) is 7.39. The van der Waals surface area contributed by atoms with Crippen LogP contribution in [0.1, 0.15) is 24.8 Å². The largest absolute Gasteiger partial charge is 0.368 e. The van der Waals surface area contributed by atoms with Crippen LogP contribution in [0.5, 0.6) is 0 Å². The Labute approximate surface area is 148 Å². The molecule has 3 N–H and O–H groups in total. The van der Waals surface area contributed by atoms with Crippen molar-refractivity contribution in [3.05, 3.63) is 35.3 Å². The van der Waals surface area contributed by atoms with Crippen molar-refractivity contribution in [2.24, 2.45) is 10.8 Å². The van der Waals surface area contributed by atoms with E-state index in [1.807, 2.05) is 30.3 Å². The second-order valence-electron chi connectivity index (χ2n) is 5.55. The molecule has 0 bridgehead atoms. The number of hydrogen-bond acceptors (Lipinski definition) is 7. The minimum Gasteiger partial charge on any atom is -0.368 e. The summed E-state index contributed by atoms with van der Waals surface area (Å²) < 4.78 is 0. The number of rotatable bonds is 6. The third kappa shape index (κ3) is 3.82. The van der Waals surface area contributed by atoms with Gasteiger partial charge in [0.15, 0.2) is 0 Å². The molecule has 1 aromatic heterocycles. The fourth-order valence-electron chi connectivity index (χ4n) is 2.48. The minimum atomic E-state index is -0.687. The lowest BCUT2D eigenvalue weighted by molar-refractivity contribution is -0.119. The van der Waals surface area contributed by atoms with Crippen LogP contribution < -0.4 is 16.1 Å². The van der Waals surface area contributed by atoms with Crippen LogP contribution in [0.4, 0.5) is 10.8 Å². The molecule has 130 valence electrons. The number of nitrogens with two attached hydrogens (primary N) is 1. The van der Waals surface area contributed by atoms with Gasteiger partial charge in [0.1, 0.15) is 16.8 Å². The summed E-state index contributed by atoms with van der Waals surface area (Å²) in [6.07, 6.45) is 1.93. The number of amides is 2. The first kappa shape index (κ1) is 17.0. The van der Waals surface area contributed by atoms with Crippen molar-refractivity contribution in [3.8, 4) is 0 Å². The molecule has 9 heteroatoms. The molecule has 0 aliphatic carbocycles. The van der Waals surface area contributed by atoms with Crippen molar-refractivity contribution in [1.29, 1.82) is 0 Å². The standard InChI is InChI=1S/C16H18N6O2S/c1-2-6-13-19-20-16(25-13)18-15(24)11-9-12(14(17)23)22(21-11)10-7-4-3-5-8-10/h3-5,7-8,12H,2,6,9H2,1H3,(H2,17,23)(H,18,20,24)/t12-/m1/s1. The Balaban J connectivity index is 1.76. The Morgan fingerprint density at radius 1 is 1.32 bits per heavy atom. The Morgan fingerprint density at radius 3 is 2.76 bits per heavy atom. The van der Waals surface area contributed by atoms with Gasteiger partial charge in [-0.25, -0.2) is 0 Å². The molecule has 2 heterocycles. The highest BCUT2D eigenvalue weighted by atomic mass is 32.1. The molecule has 1 aliphatic heterocycles. The highest BCUT2D eigenvalue weighted by Crippen LogP contribution is 2.25. The number of benzene rings is 1. The molecule has 2 amide bonds. The number of nitrogens with zero attached hydrogens (tertiary/aromatic N) is 4. The van der Waals surface area contributed by atoms with Crippen molar-refractivity contribution in [2.45, 2.75) is 32.2 Å². The number of carbonyl (C=O) groups is 2. The van der Waals surface area contributed by atoms with E-state index in [-0.39, 0.29) is 12.1 Å². The van der Waals surface area contributed by atoms with Gasteiger partial charge in [-0.05, 0) is 18.6 Å². The first-order chi connectivity index (χ1) is 12.1. The summed E-state index contributed by atoms with van der Waals surface area (Å²) >= 11 is 1.33. The molecule has 0 unspecified atom stereocenters. The summed E-state index contributed by atoms with van der Waals surface area (Å²) in [5, 5.41) is 17.7. The van der Waals surface area contributed by atoms with Gasteiger partial charge < -0.3 is 5.73 Å². The van der Waals surface area contributed by atoms with E-state index in [4.69, 9.17) is 5.73 Å². The molecule has 1 atom stereocenters. The first-order valence-electron chi connectivity index (χ1n) is 7.93. The van der Waals surface area contributed by atoms with Gasteiger partial charge in [-0.3, -0.25) is 19.9 Å². The Hall–Kier alpha value is -2.81. The minimum absolute atomic E-state index is 0.149. The van der Waals surface area contributed by atoms with E-state index in [9.17, 15) is 9.59 Å². The van der Waals surface area contributed by atoms with Crippen LogP contribution in [0.25, 0.3) is 0 Å². The maximum Gasteiger partial charge on any atom is 0.273 e. The zero-order chi connectivity index (χ0) is 17.8. The molecule has 1 aromatic carbocycles. The quantitative estimate of drug-likeness (QED) is 0.813. The molecule has 0 saturated heterocycles. The number of aryl methyl sites for hydroxylation is 1. The Morgan fingerprint density at radius 2 is 2.08 bits per heavy atom. The van der Waals surface area contributed by atoms with Gasteiger partial charge in [-0.15, -0.1) is 10.2 Å². The normalized spacial score (nSPS) is 16.6. The van der Waals surface area contributed by atoms with Crippen molar-refractivity contribution in [3.63, 3.8) is 0 Å². The predicted molar refractivity (Wildman–Crippen MR) is 96.5 cm³/mol. The third-order valence-corrected chi connectivity index (χ3v) is 4.57. The first-order valence-corrected chi connectivity index (χ1v) is 8.75. The number of hydrazone groups is 1. The smallest absolute Gasteiger partial charge is 0.273 e. The SMILES string of the molecule is CCCc1nnc(NC(=O)C2=NN(c3ccccc3)[C@@H](C(N)=O)C2)s1. The van der Waals surface area contributed by atoms with Gasteiger partial charge in [-0.2, -0.15) is 5.10 Å². The summed E-state index contributed by atoms with van der Waals surface area (Å²) in [4.78, 5) is 24.2. The van der Waals surface area contributed by atoms with Crippen molar-refractivity contribution in [2.75, 3.05) is 10.3 Å². The lowest BCUT2D eigenvalue weighted by atomic mass is 10.1. The maximum absolute atomic E-state index is 12.4. The zero-order valence-corrected chi connectivity index (χ0v) is 14.5. The summed E-state index contributed by atoms with van der Waals surface area (Å²) in [5.74, 6) is -0.930. The van der Waals surface area contributed by atoms with Crippen molar-refractivity contribution in [1.82, 2.24) is 10.2 Å². The van der Waals surface area contributed by atoms with E-state index in [2.05, 4.69) is 27.5 Å². The maximum atomic E-state index is 12.4. The number of aromatic nitrogens is 2. The average Bonchev–Trinajstić information content (AvgIpc) is 3.23. The molecule has 3 rings (SSSR count).